The van der Waals surface area contributed by atoms with E-state index in [-0.39, 0.29) is 6.04 Å². The van der Waals surface area contributed by atoms with E-state index in [9.17, 15) is 8.42 Å². The van der Waals surface area contributed by atoms with Crippen LogP contribution >= 0.6 is 22.9 Å². The Bertz CT molecular complexity index is 547. The van der Waals surface area contributed by atoms with Gasteiger partial charge >= 0.3 is 0 Å². The van der Waals surface area contributed by atoms with Gasteiger partial charge in [0.2, 0.25) is 0 Å². The first kappa shape index (κ1) is 16.2. The standard InChI is InChI=1S/C12H20ClN3O2S2/c1-15(9-11-5-6-12(13)19-11)20(17,18)16-7-3-2-4-10(16)8-14/h5-6,10H,2-4,7-9,14H2,1H3. The molecule has 1 fully saturated rings. The molecule has 0 saturated carbocycles. The first-order valence-corrected chi connectivity index (χ1v) is 9.21. The molecule has 1 aliphatic heterocycles. The van der Waals surface area contributed by atoms with E-state index in [0.29, 0.717) is 24.0 Å². The van der Waals surface area contributed by atoms with Crippen molar-refractivity contribution >= 4 is 33.1 Å². The van der Waals surface area contributed by atoms with Crippen LogP contribution in [0.5, 0.6) is 0 Å². The van der Waals surface area contributed by atoms with E-state index in [0.717, 1.165) is 24.1 Å². The quantitative estimate of drug-likeness (QED) is 0.892. The summed E-state index contributed by atoms with van der Waals surface area (Å²) in [5.74, 6) is 0. The maximum absolute atomic E-state index is 12.6. The average Bonchev–Trinajstić information content (AvgIpc) is 2.84. The van der Waals surface area contributed by atoms with Gasteiger partial charge in [0.05, 0.1) is 4.34 Å². The number of thiophene rings is 1. The monoisotopic (exact) mass is 337 g/mol. The van der Waals surface area contributed by atoms with E-state index >= 15 is 0 Å². The highest BCUT2D eigenvalue weighted by atomic mass is 35.5. The highest BCUT2D eigenvalue weighted by Gasteiger charge is 2.34. The molecule has 0 aromatic carbocycles. The molecule has 1 aromatic rings. The topological polar surface area (TPSA) is 66.6 Å². The van der Waals surface area contributed by atoms with Gasteiger partial charge < -0.3 is 5.73 Å². The SMILES string of the molecule is CN(Cc1ccc(Cl)s1)S(=O)(=O)N1CCCCC1CN. The van der Waals surface area contributed by atoms with Gasteiger partial charge in [0.1, 0.15) is 0 Å². The van der Waals surface area contributed by atoms with Crippen molar-refractivity contribution in [3.63, 3.8) is 0 Å². The van der Waals surface area contributed by atoms with E-state index in [4.69, 9.17) is 17.3 Å². The smallest absolute Gasteiger partial charge is 0.282 e. The predicted molar refractivity (Wildman–Crippen MR) is 83.1 cm³/mol. The van der Waals surface area contributed by atoms with Crippen LogP contribution in [-0.2, 0) is 16.8 Å². The minimum Gasteiger partial charge on any atom is -0.329 e. The van der Waals surface area contributed by atoms with Crippen LogP contribution in [0, 0.1) is 0 Å². The summed E-state index contributed by atoms with van der Waals surface area (Å²) >= 11 is 7.28. The summed E-state index contributed by atoms with van der Waals surface area (Å²) in [6.07, 6.45) is 2.78. The number of halogens is 1. The number of hydrogen-bond acceptors (Lipinski definition) is 4. The van der Waals surface area contributed by atoms with Gasteiger partial charge in [-0.2, -0.15) is 17.0 Å². The van der Waals surface area contributed by atoms with Crippen molar-refractivity contribution in [2.45, 2.75) is 31.8 Å². The second-order valence-electron chi connectivity index (χ2n) is 4.97. The van der Waals surface area contributed by atoms with E-state index in [1.165, 1.54) is 15.6 Å². The summed E-state index contributed by atoms with van der Waals surface area (Å²) in [6, 6.07) is 3.56. The van der Waals surface area contributed by atoms with Crippen molar-refractivity contribution in [1.29, 1.82) is 0 Å². The second-order valence-corrected chi connectivity index (χ2v) is 8.75. The van der Waals surface area contributed by atoms with Crippen molar-refractivity contribution in [3.8, 4) is 0 Å². The van der Waals surface area contributed by atoms with Gasteiger partial charge in [0, 0.05) is 37.6 Å². The van der Waals surface area contributed by atoms with Gasteiger partial charge in [-0.15, -0.1) is 11.3 Å². The lowest BCUT2D eigenvalue weighted by atomic mass is 10.1. The zero-order valence-electron chi connectivity index (χ0n) is 11.5. The summed E-state index contributed by atoms with van der Waals surface area (Å²) in [4.78, 5) is 0.933. The number of rotatable bonds is 5. The van der Waals surface area contributed by atoms with Crippen LogP contribution in [0.4, 0.5) is 0 Å². The fourth-order valence-corrected chi connectivity index (χ4v) is 5.24. The highest BCUT2D eigenvalue weighted by molar-refractivity contribution is 7.86. The Kier molecular flexibility index (Phi) is 5.44. The summed E-state index contributed by atoms with van der Waals surface area (Å²) < 4.78 is 28.9. The van der Waals surface area contributed by atoms with Crippen LogP contribution in [0.3, 0.4) is 0 Å². The lowest BCUT2D eigenvalue weighted by molar-refractivity contribution is 0.240. The first-order chi connectivity index (χ1) is 9.45. The molecule has 114 valence electrons. The molecule has 5 nitrogen and oxygen atoms in total. The average molecular weight is 338 g/mol. The molecule has 20 heavy (non-hydrogen) atoms. The Morgan fingerprint density at radius 1 is 1.50 bits per heavy atom. The highest BCUT2D eigenvalue weighted by Crippen LogP contribution is 2.26. The molecule has 2 heterocycles. The minimum absolute atomic E-state index is 0.0804. The van der Waals surface area contributed by atoms with E-state index < -0.39 is 10.2 Å². The number of nitrogens with zero attached hydrogens (tertiary/aromatic N) is 2. The van der Waals surface area contributed by atoms with Crippen molar-refractivity contribution in [1.82, 2.24) is 8.61 Å². The fourth-order valence-electron chi connectivity index (χ4n) is 2.43. The lowest BCUT2D eigenvalue weighted by Gasteiger charge is -2.36. The van der Waals surface area contributed by atoms with Crippen LogP contribution in [0.25, 0.3) is 0 Å². The zero-order chi connectivity index (χ0) is 14.8. The Labute approximate surface area is 129 Å². The molecule has 1 aromatic heterocycles. The van der Waals surface area contributed by atoms with Crippen molar-refractivity contribution in [2.24, 2.45) is 5.73 Å². The lowest BCUT2D eigenvalue weighted by Crippen LogP contribution is -2.51. The first-order valence-electron chi connectivity index (χ1n) is 6.62. The molecule has 0 radical (unpaired) electrons. The van der Waals surface area contributed by atoms with Crippen LogP contribution in [0.1, 0.15) is 24.1 Å². The largest absolute Gasteiger partial charge is 0.329 e. The molecule has 1 aliphatic rings. The van der Waals surface area contributed by atoms with Crippen molar-refractivity contribution in [3.05, 3.63) is 21.3 Å². The van der Waals surface area contributed by atoms with Gasteiger partial charge in [-0.1, -0.05) is 18.0 Å². The maximum atomic E-state index is 12.6. The van der Waals surface area contributed by atoms with Gasteiger partial charge in [0.15, 0.2) is 0 Å². The normalized spacial score (nSPS) is 21.5. The molecule has 0 bridgehead atoms. The molecule has 0 spiro atoms. The molecule has 1 unspecified atom stereocenters. The third-order valence-corrected chi connectivity index (χ3v) is 6.75. The molecular formula is C12H20ClN3O2S2. The Hall–Kier alpha value is -0.180. The van der Waals surface area contributed by atoms with Crippen LogP contribution in [0.15, 0.2) is 12.1 Å². The van der Waals surface area contributed by atoms with Crippen molar-refractivity contribution in [2.75, 3.05) is 20.1 Å². The Balaban J connectivity index is 2.11. The summed E-state index contributed by atoms with van der Waals surface area (Å²) in [7, 11) is -1.86. The molecule has 2 N–H and O–H groups in total. The van der Waals surface area contributed by atoms with Crippen LogP contribution < -0.4 is 5.73 Å². The number of nitrogens with two attached hydrogens (primary N) is 1. The molecular weight excluding hydrogens is 318 g/mol. The van der Waals surface area contributed by atoms with Crippen LogP contribution in [0.2, 0.25) is 4.34 Å². The third-order valence-electron chi connectivity index (χ3n) is 3.54. The number of hydrogen-bond donors (Lipinski definition) is 1. The molecule has 1 saturated heterocycles. The molecule has 0 aliphatic carbocycles. The summed E-state index contributed by atoms with van der Waals surface area (Å²) in [6.45, 7) is 1.27. The fraction of sp³-hybridized carbons (Fsp3) is 0.667. The predicted octanol–water partition coefficient (Wildman–Crippen LogP) is 1.89. The summed E-state index contributed by atoms with van der Waals surface area (Å²) in [5, 5.41) is 0. The zero-order valence-corrected chi connectivity index (χ0v) is 13.8. The minimum atomic E-state index is -3.46. The second kappa shape index (κ2) is 6.72. The molecule has 1 atom stereocenters. The summed E-state index contributed by atoms with van der Waals surface area (Å²) in [5.41, 5.74) is 5.71. The maximum Gasteiger partial charge on any atom is 0.282 e. The van der Waals surface area contributed by atoms with Gasteiger partial charge in [-0.3, -0.25) is 0 Å². The molecule has 2 rings (SSSR count). The van der Waals surface area contributed by atoms with Gasteiger partial charge in [-0.05, 0) is 25.0 Å². The Morgan fingerprint density at radius 3 is 2.85 bits per heavy atom. The third kappa shape index (κ3) is 3.52. The number of piperidine rings is 1. The molecule has 0 amide bonds. The van der Waals surface area contributed by atoms with E-state index in [1.54, 1.807) is 17.4 Å². The van der Waals surface area contributed by atoms with Crippen LogP contribution in [-0.4, -0.2) is 43.2 Å². The van der Waals surface area contributed by atoms with E-state index in [2.05, 4.69) is 0 Å². The van der Waals surface area contributed by atoms with Crippen molar-refractivity contribution < 1.29 is 8.42 Å². The Morgan fingerprint density at radius 2 is 2.25 bits per heavy atom. The molecule has 8 heteroatoms. The van der Waals surface area contributed by atoms with E-state index in [1.807, 2.05) is 6.07 Å². The van der Waals surface area contributed by atoms with Gasteiger partial charge in [0.25, 0.3) is 10.2 Å². The van der Waals surface area contributed by atoms with Gasteiger partial charge in [-0.25, -0.2) is 0 Å².